The largest absolute Gasteiger partial charge is 0.456 e. The summed E-state index contributed by atoms with van der Waals surface area (Å²) in [4.78, 5) is 0. The van der Waals surface area contributed by atoms with Crippen LogP contribution < -0.4 is 0 Å². The van der Waals surface area contributed by atoms with E-state index in [1.165, 1.54) is 71.8 Å². The van der Waals surface area contributed by atoms with Crippen molar-refractivity contribution in [2.45, 2.75) is 91.1 Å². The maximum Gasteiger partial charge on any atom is 0.139 e. The predicted octanol–water partition coefficient (Wildman–Crippen LogP) is 10.7. The molecule has 0 N–H and O–H groups in total. The Morgan fingerprint density at radius 1 is 0.721 bits per heavy atom. The van der Waals surface area contributed by atoms with Gasteiger partial charge in [0.05, 0.1) is 5.60 Å². The average Bonchev–Trinajstić information content (AvgIpc) is 3.18. The minimum Gasteiger partial charge on any atom is -0.456 e. The topological polar surface area (TPSA) is 22.4 Å². The van der Waals surface area contributed by atoms with Crippen LogP contribution in [0.4, 0.5) is 0 Å². The molecule has 3 aliphatic carbocycles. The van der Waals surface area contributed by atoms with Crippen LogP contribution in [0.1, 0.15) is 87.4 Å². The van der Waals surface area contributed by atoms with Gasteiger partial charge in [0.1, 0.15) is 11.3 Å². The minimum atomic E-state index is -0.343. The molecule has 1 aromatic heterocycles. The number of rotatable bonds is 3. The van der Waals surface area contributed by atoms with Gasteiger partial charge >= 0.3 is 0 Å². The Labute approximate surface area is 256 Å². The van der Waals surface area contributed by atoms with Crippen LogP contribution in [0.2, 0.25) is 0 Å². The van der Waals surface area contributed by atoms with Gasteiger partial charge in [-0.2, -0.15) is 0 Å². The Morgan fingerprint density at radius 3 is 2.12 bits per heavy atom. The summed E-state index contributed by atoms with van der Waals surface area (Å²) in [5.41, 5.74) is 13.7. The van der Waals surface area contributed by atoms with E-state index in [4.69, 9.17) is 9.15 Å². The Hall–Kier alpha value is -3.36. The fourth-order valence-corrected chi connectivity index (χ4v) is 10.8. The highest BCUT2D eigenvalue weighted by Crippen LogP contribution is 2.82. The molecule has 0 spiro atoms. The van der Waals surface area contributed by atoms with E-state index in [2.05, 4.69) is 124 Å². The van der Waals surface area contributed by atoms with Crippen molar-refractivity contribution in [3.8, 4) is 22.5 Å². The van der Waals surface area contributed by atoms with Crippen molar-refractivity contribution < 1.29 is 9.15 Å². The first-order valence-electron chi connectivity index (χ1n) is 16.1. The number of hydrogen-bond acceptors (Lipinski definition) is 2. The first-order valence-corrected chi connectivity index (χ1v) is 16.1. The molecule has 1 heterocycles. The lowest BCUT2D eigenvalue weighted by atomic mass is 9.66. The quantitative estimate of drug-likeness (QED) is 0.216. The summed E-state index contributed by atoms with van der Waals surface area (Å²) in [6.07, 6.45) is 0. The third-order valence-corrected chi connectivity index (χ3v) is 12.8. The summed E-state index contributed by atoms with van der Waals surface area (Å²) in [5, 5.41) is 4.03. The number of aryl methyl sites for hydroxylation is 3. The molecule has 0 saturated heterocycles. The van der Waals surface area contributed by atoms with Crippen LogP contribution >= 0.6 is 0 Å². The molecule has 5 aromatic rings. The van der Waals surface area contributed by atoms with Gasteiger partial charge in [0.15, 0.2) is 0 Å². The van der Waals surface area contributed by atoms with Crippen molar-refractivity contribution in [3.63, 3.8) is 0 Å². The normalized spacial score (nSPS) is 26.7. The van der Waals surface area contributed by atoms with Gasteiger partial charge in [-0.1, -0.05) is 103 Å². The molecule has 1 saturated carbocycles. The van der Waals surface area contributed by atoms with Crippen LogP contribution in [-0.2, 0) is 21.0 Å². The summed E-state index contributed by atoms with van der Waals surface area (Å²) in [7, 11) is 1.97. The number of para-hydroxylation sites is 1. The summed E-state index contributed by atoms with van der Waals surface area (Å²) in [6, 6.07) is 20.7. The van der Waals surface area contributed by atoms with Crippen molar-refractivity contribution in [1.82, 2.24) is 0 Å². The third kappa shape index (κ3) is 2.70. The number of furan rings is 1. The first kappa shape index (κ1) is 27.2. The van der Waals surface area contributed by atoms with E-state index < -0.39 is 0 Å². The highest BCUT2D eigenvalue weighted by atomic mass is 16.5. The fourth-order valence-electron chi connectivity index (χ4n) is 10.8. The molecule has 0 bridgehead atoms. The van der Waals surface area contributed by atoms with Crippen LogP contribution in [0.5, 0.6) is 0 Å². The number of hydrogen-bond donors (Lipinski definition) is 0. The maximum absolute atomic E-state index is 6.94. The fraction of sp³-hybridized carbons (Fsp3) is 0.415. The zero-order chi connectivity index (χ0) is 30.6. The van der Waals surface area contributed by atoms with Crippen molar-refractivity contribution in [2.24, 2.45) is 11.8 Å². The number of methoxy groups -OCH3 is 1. The molecule has 2 nitrogen and oxygen atoms in total. The molecule has 3 aliphatic rings. The zero-order valence-corrected chi connectivity index (χ0v) is 27.7. The van der Waals surface area contributed by atoms with Gasteiger partial charge in [-0.15, -0.1) is 0 Å². The van der Waals surface area contributed by atoms with Gasteiger partial charge in [-0.3, -0.25) is 0 Å². The molecule has 2 heteroatoms. The van der Waals surface area contributed by atoms with E-state index in [1.807, 2.05) is 7.11 Å². The van der Waals surface area contributed by atoms with Crippen LogP contribution in [0.15, 0.2) is 59.0 Å². The molecular formula is C41H44O2. The number of ether oxygens (including phenoxy) is 1. The standard InChI is InChI=1S/C41H44O2/c1-21(2)25(6)41(42-11)39(9)30-17-16-27-35(38(7,8)36-26-14-12-13-15-31(26)43-37(27)36)33(30)29-20-24(5)32-23(4)18-22(3)19-28(32)34(29)40(39,41)10/h12-21,25H,1-11H3. The highest BCUT2D eigenvalue weighted by molar-refractivity contribution is 6.05. The number of fused-ring (bicyclic) bond motifs is 14. The van der Waals surface area contributed by atoms with Crippen molar-refractivity contribution in [3.05, 3.63) is 93.5 Å². The van der Waals surface area contributed by atoms with Gasteiger partial charge in [0, 0.05) is 39.9 Å². The molecule has 0 aliphatic heterocycles. The van der Waals surface area contributed by atoms with Crippen LogP contribution in [0.3, 0.4) is 0 Å². The lowest BCUT2D eigenvalue weighted by Crippen LogP contribution is -2.36. The lowest BCUT2D eigenvalue weighted by molar-refractivity contribution is -0.0124. The van der Waals surface area contributed by atoms with Crippen molar-refractivity contribution in [1.29, 1.82) is 0 Å². The summed E-state index contributed by atoms with van der Waals surface area (Å²) < 4.78 is 13.6. The van der Waals surface area contributed by atoms with Crippen LogP contribution in [0.25, 0.3) is 44.2 Å². The highest BCUT2D eigenvalue weighted by Gasteiger charge is 2.87. The monoisotopic (exact) mass is 568 g/mol. The van der Waals surface area contributed by atoms with E-state index in [1.54, 1.807) is 0 Å². The average molecular weight is 569 g/mol. The summed E-state index contributed by atoms with van der Waals surface area (Å²) in [5.74, 6) is 1.87. The molecule has 8 rings (SSSR count). The van der Waals surface area contributed by atoms with Gasteiger partial charge in [0.2, 0.25) is 0 Å². The maximum atomic E-state index is 6.94. The molecule has 4 unspecified atom stereocenters. The summed E-state index contributed by atoms with van der Waals surface area (Å²) in [6.45, 7) is 23.8. The third-order valence-electron chi connectivity index (χ3n) is 12.8. The Morgan fingerprint density at radius 2 is 1.42 bits per heavy atom. The van der Waals surface area contributed by atoms with Gasteiger partial charge in [-0.25, -0.2) is 0 Å². The predicted molar refractivity (Wildman–Crippen MR) is 179 cm³/mol. The van der Waals surface area contributed by atoms with E-state index in [-0.39, 0.29) is 21.8 Å². The molecule has 0 radical (unpaired) electrons. The smallest absolute Gasteiger partial charge is 0.139 e. The van der Waals surface area contributed by atoms with Crippen LogP contribution in [-0.4, -0.2) is 12.7 Å². The second kappa shape index (κ2) is 8.02. The Balaban J connectivity index is 1.58. The van der Waals surface area contributed by atoms with E-state index in [0.29, 0.717) is 11.8 Å². The zero-order valence-electron chi connectivity index (χ0n) is 27.7. The second-order valence-electron chi connectivity index (χ2n) is 15.2. The lowest BCUT2D eigenvalue weighted by Gasteiger charge is -2.35. The van der Waals surface area contributed by atoms with E-state index >= 15 is 0 Å². The van der Waals surface area contributed by atoms with Gasteiger partial charge in [-0.05, 0) is 88.4 Å². The first-order chi connectivity index (χ1) is 20.3. The second-order valence-corrected chi connectivity index (χ2v) is 15.2. The Kier molecular flexibility index (Phi) is 5.07. The Bertz CT molecular complexity index is 2050. The molecule has 43 heavy (non-hydrogen) atoms. The molecule has 4 atom stereocenters. The molecule has 220 valence electrons. The number of benzene rings is 4. The van der Waals surface area contributed by atoms with Crippen molar-refractivity contribution >= 4 is 21.7 Å². The minimum absolute atomic E-state index is 0.191. The SMILES string of the molecule is COC1(C(C)C(C)C)C2(C)c3ccc4c(c3-c3cc(C)c5c(C)cc(C)cc5c3C21C)C(C)(C)c1c-4oc2ccccc12. The summed E-state index contributed by atoms with van der Waals surface area (Å²) >= 11 is 0. The van der Waals surface area contributed by atoms with E-state index in [9.17, 15) is 0 Å². The molecule has 4 aromatic carbocycles. The van der Waals surface area contributed by atoms with Crippen LogP contribution in [0, 0.1) is 32.6 Å². The van der Waals surface area contributed by atoms with Gasteiger partial charge in [0.25, 0.3) is 0 Å². The molecule has 1 fully saturated rings. The molecule has 0 amide bonds. The van der Waals surface area contributed by atoms with Gasteiger partial charge < -0.3 is 9.15 Å². The molecular weight excluding hydrogens is 524 g/mol. The van der Waals surface area contributed by atoms with E-state index in [0.717, 1.165) is 11.3 Å². The van der Waals surface area contributed by atoms with Crippen molar-refractivity contribution in [2.75, 3.05) is 7.11 Å².